The van der Waals surface area contributed by atoms with Crippen molar-refractivity contribution in [1.82, 2.24) is 14.6 Å². The Labute approximate surface area is 167 Å². The number of methoxy groups -OCH3 is 1. The molecule has 0 unspecified atom stereocenters. The molecule has 5 nitrogen and oxygen atoms in total. The van der Waals surface area contributed by atoms with E-state index in [-0.39, 0.29) is 5.56 Å². The van der Waals surface area contributed by atoms with Gasteiger partial charge in [0.2, 0.25) is 0 Å². The second kappa shape index (κ2) is 7.56. The first kappa shape index (κ1) is 18.4. The van der Waals surface area contributed by atoms with E-state index in [1.807, 2.05) is 31.2 Å². The molecule has 0 aliphatic rings. The molecule has 0 spiro atoms. The van der Waals surface area contributed by atoms with E-state index < -0.39 is 0 Å². The van der Waals surface area contributed by atoms with Crippen molar-refractivity contribution >= 4 is 17.4 Å². The fraction of sp³-hybridized carbons (Fsp3) is 0.182. The van der Waals surface area contributed by atoms with E-state index in [2.05, 4.69) is 36.3 Å². The number of aromatic nitrogens is 3. The van der Waals surface area contributed by atoms with E-state index in [4.69, 9.17) is 9.72 Å². The summed E-state index contributed by atoms with van der Waals surface area (Å²) in [4.78, 5) is 18.6. The van der Waals surface area contributed by atoms with Crippen LogP contribution in [0.4, 0.5) is 0 Å². The highest BCUT2D eigenvalue weighted by Gasteiger charge is 2.17. The van der Waals surface area contributed by atoms with Gasteiger partial charge in [-0.1, -0.05) is 35.9 Å². The predicted octanol–water partition coefficient (Wildman–Crippen LogP) is 4.61. The second-order valence-corrected chi connectivity index (χ2v) is 7.71. The van der Waals surface area contributed by atoms with E-state index in [9.17, 15) is 4.79 Å². The summed E-state index contributed by atoms with van der Waals surface area (Å²) in [5.74, 6) is 1.38. The molecule has 4 rings (SSSR count). The summed E-state index contributed by atoms with van der Waals surface area (Å²) in [6, 6.07) is 17.7. The Morgan fingerprint density at radius 2 is 1.86 bits per heavy atom. The average Bonchev–Trinajstić information content (AvgIpc) is 3.04. The lowest BCUT2D eigenvalue weighted by atomic mass is 10.1. The van der Waals surface area contributed by atoms with Crippen LogP contribution in [0.25, 0.3) is 16.8 Å². The van der Waals surface area contributed by atoms with Crippen molar-refractivity contribution in [3.63, 3.8) is 0 Å². The monoisotopic (exact) mass is 391 g/mol. The van der Waals surface area contributed by atoms with Gasteiger partial charge in [0.1, 0.15) is 5.75 Å². The summed E-state index contributed by atoms with van der Waals surface area (Å²) in [6.45, 7) is 4.01. The minimum atomic E-state index is -0.117. The van der Waals surface area contributed by atoms with Gasteiger partial charge in [0, 0.05) is 28.0 Å². The Bertz CT molecular complexity index is 1190. The fourth-order valence-corrected chi connectivity index (χ4v) is 4.03. The van der Waals surface area contributed by atoms with Crippen LogP contribution in [0.15, 0.2) is 64.3 Å². The number of nitrogens with one attached hydrogen (secondary N) is 1. The fourth-order valence-electron chi connectivity index (χ4n) is 3.24. The Hall–Kier alpha value is -2.99. The number of hydrogen-bond donors (Lipinski definition) is 1. The normalized spacial score (nSPS) is 11.1. The SMILES string of the molecule is COc1ccccc1-c1c(C)[nH]n2c(=O)cc(CSc3ccc(C)cc3)nc12. The number of H-pyrrole nitrogens is 1. The molecule has 0 radical (unpaired) electrons. The molecule has 0 atom stereocenters. The van der Waals surface area contributed by atoms with Crippen LogP contribution in [0.1, 0.15) is 17.0 Å². The lowest BCUT2D eigenvalue weighted by Gasteiger charge is -2.08. The Morgan fingerprint density at radius 1 is 1.11 bits per heavy atom. The molecule has 0 saturated carbocycles. The van der Waals surface area contributed by atoms with Gasteiger partial charge in [-0.05, 0) is 32.0 Å². The maximum Gasteiger partial charge on any atom is 0.272 e. The van der Waals surface area contributed by atoms with Crippen LogP contribution < -0.4 is 10.3 Å². The van der Waals surface area contributed by atoms with Crippen molar-refractivity contribution in [2.45, 2.75) is 24.5 Å². The lowest BCUT2D eigenvalue weighted by molar-refractivity contribution is 0.416. The highest BCUT2D eigenvalue weighted by molar-refractivity contribution is 7.98. The molecule has 2 aromatic heterocycles. The van der Waals surface area contributed by atoms with E-state index in [1.165, 1.54) is 10.1 Å². The smallest absolute Gasteiger partial charge is 0.272 e. The molecule has 0 aliphatic carbocycles. The molecule has 142 valence electrons. The summed E-state index contributed by atoms with van der Waals surface area (Å²) < 4.78 is 7.01. The molecule has 0 fully saturated rings. The van der Waals surface area contributed by atoms with Gasteiger partial charge in [-0.15, -0.1) is 11.8 Å². The molecule has 4 aromatic rings. The summed E-state index contributed by atoms with van der Waals surface area (Å²) in [5.41, 5.74) is 5.16. The average molecular weight is 391 g/mol. The summed E-state index contributed by atoms with van der Waals surface area (Å²) in [6.07, 6.45) is 0. The largest absolute Gasteiger partial charge is 0.496 e. The lowest BCUT2D eigenvalue weighted by Crippen LogP contribution is -2.15. The van der Waals surface area contributed by atoms with E-state index in [1.54, 1.807) is 24.9 Å². The Balaban J connectivity index is 1.77. The zero-order valence-corrected chi connectivity index (χ0v) is 16.8. The van der Waals surface area contributed by atoms with Crippen molar-refractivity contribution in [2.75, 3.05) is 7.11 Å². The minimum absolute atomic E-state index is 0.117. The van der Waals surface area contributed by atoms with E-state index >= 15 is 0 Å². The first-order chi connectivity index (χ1) is 13.6. The van der Waals surface area contributed by atoms with Crippen LogP contribution in [0.5, 0.6) is 5.75 Å². The summed E-state index contributed by atoms with van der Waals surface area (Å²) in [7, 11) is 1.65. The van der Waals surface area contributed by atoms with Crippen LogP contribution in [0.2, 0.25) is 0 Å². The quantitative estimate of drug-likeness (QED) is 0.505. The second-order valence-electron chi connectivity index (χ2n) is 6.66. The summed E-state index contributed by atoms with van der Waals surface area (Å²) in [5, 5.41) is 3.13. The van der Waals surface area contributed by atoms with Gasteiger partial charge in [0.15, 0.2) is 5.65 Å². The van der Waals surface area contributed by atoms with Crippen LogP contribution in [-0.2, 0) is 5.75 Å². The molecule has 2 heterocycles. The highest BCUT2D eigenvalue weighted by Crippen LogP contribution is 2.34. The Kier molecular flexibility index (Phi) is 4.96. The van der Waals surface area contributed by atoms with Gasteiger partial charge in [-0.3, -0.25) is 9.89 Å². The topological polar surface area (TPSA) is 59.4 Å². The predicted molar refractivity (Wildman–Crippen MR) is 113 cm³/mol. The first-order valence-electron chi connectivity index (χ1n) is 9.01. The molecule has 6 heteroatoms. The number of rotatable bonds is 5. The molecule has 0 bridgehead atoms. The molecular formula is C22H21N3O2S. The minimum Gasteiger partial charge on any atom is -0.496 e. The van der Waals surface area contributed by atoms with Gasteiger partial charge >= 0.3 is 0 Å². The maximum atomic E-state index is 12.7. The number of fused-ring (bicyclic) bond motifs is 1. The molecule has 28 heavy (non-hydrogen) atoms. The summed E-state index contributed by atoms with van der Waals surface area (Å²) >= 11 is 1.67. The number of thioether (sulfide) groups is 1. The number of hydrogen-bond acceptors (Lipinski definition) is 4. The molecule has 0 aliphatic heterocycles. The van der Waals surface area contributed by atoms with Crippen molar-refractivity contribution < 1.29 is 4.74 Å². The van der Waals surface area contributed by atoms with Gasteiger partial charge in [0.25, 0.3) is 5.56 Å². The van der Waals surface area contributed by atoms with Gasteiger partial charge in [0.05, 0.1) is 18.4 Å². The third-order valence-electron chi connectivity index (χ3n) is 4.63. The molecule has 0 amide bonds. The molecule has 0 saturated heterocycles. The standard InChI is InChI=1S/C22H21N3O2S/c1-14-8-10-17(11-9-14)28-13-16-12-20(26)25-22(23-16)21(15(2)24-25)18-6-4-5-7-19(18)27-3/h4-12,24H,13H2,1-3H3. The van der Waals surface area contributed by atoms with Crippen molar-refractivity contribution in [3.05, 3.63) is 81.9 Å². The van der Waals surface area contributed by atoms with Crippen LogP contribution in [0, 0.1) is 13.8 Å². The van der Waals surface area contributed by atoms with Crippen LogP contribution >= 0.6 is 11.8 Å². The molecule has 1 N–H and O–H groups in total. The van der Waals surface area contributed by atoms with E-state index in [0.29, 0.717) is 11.4 Å². The van der Waals surface area contributed by atoms with Crippen molar-refractivity contribution in [2.24, 2.45) is 0 Å². The number of benzene rings is 2. The zero-order chi connectivity index (χ0) is 19.7. The van der Waals surface area contributed by atoms with Gasteiger partial charge in [-0.2, -0.15) is 0 Å². The van der Waals surface area contributed by atoms with Gasteiger partial charge in [-0.25, -0.2) is 9.50 Å². The van der Waals surface area contributed by atoms with E-state index in [0.717, 1.165) is 33.2 Å². The number of aryl methyl sites for hydroxylation is 2. The van der Waals surface area contributed by atoms with Crippen LogP contribution in [-0.4, -0.2) is 21.7 Å². The van der Waals surface area contributed by atoms with Crippen LogP contribution in [0.3, 0.4) is 0 Å². The third kappa shape index (κ3) is 3.43. The third-order valence-corrected chi connectivity index (χ3v) is 5.68. The number of aromatic amines is 1. The first-order valence-corrected chi connectivity index (χ1v) is 9.99. The number of nitrogens with zero attached hydrogens (tertiary/aromatic N) is 2. The Morgan fingerprint density at radius 3 is 2.61 bits per heavy atom. The zero-order valence-electron chi connectivity index (χ0n) is 16.0. The number of ether oxygens (including phenoxy) is 1. The maximum absolute atomic E-state index is 12.7. The van der Waals surface area contributed by atoms with Crippen molar-refractivity contribution in [3.8, 4) is 16.9 Å². The molecular weight excluding hydrogens is 370 g/mol. The number of para-hydroxylation sites is 1. The highest BCUT2D eigenvalue weighted by atomic mass is 32.2. The van der Waals surface area contributed by atoms with Crippen molar-refractivity contribution in [1.29, 1.82) is 0 Å². The van der Waals surface area contributed by atoms with Gasteiger partial charge < -0.3 is 4.74 Å². The molecule has 2 aromatic carbocycles.